The topological polar surface area (TPSA) is 18.5 Å². The lowest BCUT2D eigenvalue weighted by Gasteiger charge is -2.32. The van der Waals surface area contributed by atoms with Crippen molar-refractivity contribution in [3.63, 3.8) is 0 Å². The molecule has 1 fully saturated rings. The lowest BCUT2D eigenvalue weighted by atomic mass is 9.69. The molecule has 0 saturated carbocycles. The summed E-state index contributed by atoms with van der Waals surface area (Å²) < 4.78 is 12.0. The molecule has 0 radical (unpaired) electrons. The van der Waals surface area contributed by atoms with Crippen LogP contribution >= 0.6 is 0 Å². The van der Waals surface area contributed by atoms with Crippen LogP contribution in [-0.2, 0) is 9.31 Å². The lowest BCUT2D eigenvalue weighted by molar-refractivity contribution is 0.00578. The van der Waals surface area contributed by atoms with Crippen molar-refractivity contribution in [2.24, 2.45) is 0 Å². The fourth-order valence-corrected chi connectivity index (χ4v) is 1.76. The van der Waals surface area contributed by atoms with Gasteiger partial charge in [0.1, 0.15) is 0 Å². The molecule has 86 valence electrons. The molecule has 0 aromatic carbocycles. The first-order valence-corrected chi connectivity index (χ1v) is 5.82. The number of rotatable bonds is 4. The predicted octanol–water partition coefficient (Wildman–Crippen LogP) is 3.43. The van der Waals surface area contributed by atoms with Crippen LogP contribution in [0.4, 0.5) is 0 Å². The maximum atomic E-state index is 5.98. The van der Waals surface area contributed by atoms with E-state index in [1.165, 1.54) is 0 Å². The highest BCUT2D eigenvalue weighted by Crippen LogP contribution is 2.41. The van der Waals surface area contributed by atoms with Gasteiger partial charge in [-0.05, 0) is 34.1 Å². The molecule has 1 unspecified atom stereocenters. The molecule has 0 bridgehead atoms. The van der Waals surface area contributed by atoms with E-state index in [4.69, 9.17) is 9.31 Å². The van der Waals surface area contributed by atoms with E-state index in [0.29, 0.717) is 5.82 Å². The van der Waals surface area contributed by atoms with E-state index in [1.54, 1.807) is 0 Å². The largest absolute Gasteiger partial charge is 0.465 e. The van der Waals surface area contributed by atoms with E-state index in [-0.39, 0.29) is 18.3 Å². The molecule has 1 atom stereocenters. The highest BCUT2D eigenvalue weighted by molar-refractivity contribution is 6.48. The van der Waals surface area contributed by atoms with Crippen molar-refractivity contribution in [3.8, 4) is 0 Å². The molecular weight excluding hydrogens is 187 g/mol. The van der Waals surface area contributed by atoms with Crippen LogP contribution in [-0.4, -0.2) is 18.3 Å². The summed E-state index contributed by atoms with van der Waals surface area (Å²) >= 11 is 0. The molecule has 1 aliphatic rings. The second-order valence-electron chi connectivity index (χ2n) is 5.31. The van der Waals surface area contributed by atoms with Gasteiger partial charge >= 0.3 is 7.12 Å². The average molecular weight is 210 g/mol. The Labute approximate surface area is 94.2 Å². The summed E-state index contributed by atoms with van der Waals surface area (Å²) in [7, 11) is -0.132. The first kappa shape index (κ1) is 12.8. The Morgan fingerprint density at radius 3 is 2.00 bits per heavy atom. The summed E-state index contributed by atoms with van der Waals surface area (Å²) in [6.07, 6.45) is 4.15. The van der Waals surface area contributed by atoms with Crippen molar-refractivity contribution in [3.05, 3.63) is 12.7 Å². The van der Waals surface area contributed by atoms with Gasteiger partial charge in [0.2, 0.25) is 0 Å². The molecule has 1 heterocycles. The molecule has 2 nitrogen and oxygen atoms in total. The van der Waals surface area contributed by atoms with E-state index < -0.39 is 0 Å². The minimum absolute atomic E-state index is 0.132. The summed E-state index contributed by atoms with van der Waals surface area (Å²) in [4.78, 5) is 0. The minimum Gasteiger partial charge on any atom is -0.403 e. The number of hydrogen-bond donors (Lipinski definition) is 0. The molecular formula is C12H23BO2. The summed E-state index contributed by atoms with van der Waals surface area (Å²) in [5.74, 6) is 0.302. The molecule has 0 spiro atoms. The van der Waals surface area contributed by atoms with Gasteiger partial charge in [0.25, 0.3) is 0 Å². The molecule has 1 saturated heterocycles. The zero-order chi connectivity index (χ0) is 11.7. The van der Waals surface area contributed by atoms with Gasteiger partial charge in [-0.2, -0.15) is 0 Å². The Hall–Kier alpha value is -0.275. The second-order valence-corrected chi connectivity index (χ2v) is 5.31. The van der Waals surface area contributed by atoms with Gasteiger partial charge in [0, 0.05) is 5.82 Å². The molecule has 0 aromatic rings. The summed E-state index contributed by atoms with van der Waals surface area (Å²) in [6.45, 7) is 14.4. The highest BCUT2D eigenvalue weighted by Gasteiger charge is 2.52. The molecule has 1 aliphatic heterocycles. The maximum Gasteiger partial charge on any atom is 0.465 e. The van der Waals surface area contributed by atoms with Gasteiger partial charge in [-0.25, -0.2) is 0 Å². The Morgan fingerprint density at radius 2 is 1.67 bits per heavy atom. The van der Waals surface area contributed by atoms with E-state index in [1.807, 2.05) is 6.08 Å². The van der Waals surface area contributed by atoms with Crippen molar-refractivity contribution < 1.29 is 9.31 Å². The smallest absolute Gasteiger partial charge is 0.403 e. The van der Waals surface area contributed by atoms with Crippen molar-refractivity contribution in [2.45, 2.75) is 64.5 Å². The van der Waals surface area contributed by atoms with Crippen molar-refractivity contribution in [2.75, 3.05) is 0 Å². The Balaban J connectivity index is 2.72. The van der Waals surface area contributed by atoms with Gasteiger partial charge in [-0.15, -0.1) is 6.58 Å². The lowest BCUT2D eigenvalue weighted by Crippen LogP contribution is -2.41. The van der Waals surface area contributed by atoms with Crippen LogP contribution in [0.15, 0.2) is 12.7 Å². The van der Waals surface area contributed by atoms with E-state index in [2.05, 4.69) is 41.2 Å². The van der Waals surface area contributed by atoms with E-state index in [9.17, 15) is 0 Å². The van der Waals surface area contributed by atoms with E-state index in [0.717, 1.165) is 12.8 Å². The van der Waals surface area contributed by atoms with Crippen LogP contribution in [0.25, 0.3) is 0 Å². The molecule has 0 aromatic heterocycles. The zero-order valence-electron chi connectivity index (χ0n) is 10.7. The Bertz CT molecular complexity index is 220. The van der Waals surface area contributed by atoms with Crippen molar-refractivity contribution in [1.82, 2.24) is 0 Å². The zero-order valence-corrected chi connectivity index (χ0v) is 10.7. The predicted molar refractivity (Wildman–Crippen MR) is 64.9 cm³/mol. The Kier molecular flexibility index (Phi) is 3.67. The van der Waals surface area contributed by atoms with Crippen LogP contribution in [0.2, 0.25) is 5.82 Å². The van der Waals surface area contributed by atoms with Crippen LogP contribution in [0, 0.1) is 0 Å². The van der Waals surface area contributed by atoms with E-state index >= 15 is 0 Å². The summed E-state index contributed by atoms with van der Waals surface area (Å²) in [5, 5.41) is 0. The number of allylic oxidation sites excluding steroid dienone is 1. The molecule has 1 rings (SSSR count). The SMILES string of the molecule is C=CC(CCC)B1OC(C)(C)C(C)(C)O1. The van der Waals surface area contributed by atoms with Crippen molar-refractivity contribution in [1.29, 1.82) is 0 Å². The monoisotopic (exact) mass is 210 g/mol. The standard InChI is InChI=1S/C12H23BO2/c1-7-9-10(8-2)13-14-11(3,4)12(5,6)15-13/h8,10H,2,7,9H2,1,3-6H3. The average Bonchev–Trinajstić information content (AvgIpc) is 2.32. The number of hydrogen-bond acceptors (Lipinski definition) is 2. The van der Waals surface area contributed by atoms with Crippen molar-refractivity contribution >= 4 is 7.12 Å². The quantitative estimate of drug-likeness (QED) is 0.522. The third kappa shape index (κ3) is 2.45. The van der Waals surface area contributed by atoms with Crippen LogP contribution in [0.5, 0.6) is 0 Å². The normalized spacial score (nSPS) is 25.3. The first-order chi connectivity index (χ1) is 6.84. The Morgan fingerprint density at radius 1 is 1.20 bits per heavy atom. The van der Waals surface area contributed by atoms with Gasteiger partial charge in [-0.3, -0.25) is 0 Å². The summed E-state index contributed by atoms with van der Waals surface area (Å²) in [6, 6.07) is 0. The summed E-state index contributed by atoms with van der Waals surface area (Å²) in [5.41, 5.74) is -0.459. The third-order valence-electron chi connectivity index (χ3n) is 3.55. The molecule has 15 heavy (non-hydrogen) atoms. The van der Waals surface area contributed by atoms with Crippen LogP contribution in [0.3, 0.4) is 0 Å². The third-order valence-corrected chi connectivity index (χ3v) is 3.55. The second kappa shape index (κ2) is 4.30. The molecule has 0 amide bonds. The van der Waals surface area contributed by atoms with Gasteiger partial charge in [0.05, 0.1) is 11.2 Å². The van der Waals surface area contributed by atoms with Crippen LogP contribution < -0.4 is 0 Å². The molecule has 0 aliphatic carbocycles. The fraction of sp³-hybridized carbons (Fsp3) is 0.833. The highest BCUT2D eigenvalue weighted by atomic mass is 16.7. The van der Waals surface area contributed by atoms with Gasteiger partial charge in [0.15, 0.2) is 0 Å². The maximum absolute atomic E-state index is 5.98. The fourth-order valence-electron chi connectivity index (χ4n) is 1.76. The van der Waals surface area contributed by atoms with Gasteiger partial charge < -0.3 is 9.31 Å². The molecule has 3 heteroatoms. The minimum atomic E-state index is -0.229. The van der Waals surface area contributed by atoms with Crippen LogP contribution in [0.1, 0.15) is 47.5 Å². The molecule has 0 N–H and O–H groups in total. The van der Waals surface area contributed by atoms with Gasteiger partial charge in [-0.1, -0.05) is 19.4 Å². The first-order valence-electron chi connectivity index (χ1n) is 5.82.